The zero-order valence-electron chi connectivity index (χ0n) is 18.0. The molecule has 0 bridgehead atoms. The van der Waals surface area contributed by atoms with Crippen molar-refractivity contribution in [3.8, 4) is 11.3 Å². The molecule has 0 aliphatic carbocycles. The van der Waals surface area contributed by atoms with Crippen LogP contribution in [0, 0.1) is 0 Å². The molecule has 0 amide bonds. The second-order valence-electron chi connectivity index (χ2n) is 8.48. The molecule has 1 aromatic carbocycles. The summed E-state index contributed by atoms with van der Waals surface area (Å²) in [6.45, 7) is 6.86. The number of anilines is 1. The van der Waals surface area contributed by atoms with Gasteiger partial charge < -0.3 is 5.32 Å². The lowest BCUT2D eigenvalue weighted by atomic mass is 9.86. The van der Waals surface area contributed by atoms with Crippen molar-refractivity contribution in [2.24, 2.45) is 0 Å². The monoisotopic (exact) mass is 466 g/mol. The Bertz CT molecular complexity index is 1300. The van der Waals surface area contributed by atoms with Gasteiger partial charge >= 0.3 is 0 Å². The van der Waals surface area contributed by atoms with Crippen molar-refractivity contribution in [1.29, 1.82) is 0 Å². The van der Waals surface area contributed by atoms with E-state index < -0.39 is 5.56 Å². The van der Waals surface area contributed by atoms with Crippen molar-refractivity contribution in [3.63, 3.8) is 0 Å². The van der Waals surface area contributed by atoms with Gasteiger partial charge in [0.15, 0.2) is 0 Å². The summed E-state index contributed by atoms with van der Waals surface area (Å²) in [6, 6.07) is 14.6. The van der Waals surface area contributed by atoms with Gasteiger partial charge in [0.05, 0.1) is 21.3 Å². The lowest BCUT2D eigenvalue weighted by Gasteiger charge is -2.19. The Kier molecular flexibility index (Phi) is 6.04. The molecule has 0 spiro atoms. The summed E-state index contributed by atoms with van der Waals surface area (Å²) in [5.74, 6) is -0.390. The van der Waals surface area contributed by atoms with Crippen LogP contribution < -0.4 is 10.9 Å². The van der Waals surface area contributed by atoms with Crippen molar-refractivity contribution in [1.82, 2.24) is 14.8 Å². The number of rotatable bonds is 5. The van der Waals surface area contributed by atoms with E-state index in [-0.39, 0.29) is 11.3 Å². The maximum atomic E-state index is 13.3. The highest BCUT2D eigenvalue weighted by Gasteiger charge is 2.18. The molecule has 3 aromatic heterocycles. The number of benzene rings is 1. The topological polar surface area (TPSA) is 79.8 Å². The molecule has 0 aliphatic heterocycles. The van der Waals surface area contributed by atoms with Crippen LogP contribution in [-0.4, -0.2) is 20.7 Å². The van der Waals surface area contributed by atoms with E-state index in [1.165, 1.54) is 17.5 Å². The third-order valence-electron chi connectivity index (χ3n) is 5.12. The maximum absolute atomic E-state index is 13.3. The summed E-state index contributed by atoms with van der Waals surface area (Å²) in [4.78, 5) is 27.5. The number of aromatic amines is 1. The number of nitrogens with one attached hydrogen (secondary N) is 2. The first-order valence-corrected chi connectivity index (χ1v) is 11.3. The second kappa shape index (κ2) is 8.76. The fraction of sp³-hybridized carbons (Fsp3) is 0.208. The third-order valence-corrected chi connectivity index (χ3v) is 6.35. The number of hydrogen-bond donors (Lipinski definition) is 2. The number of hydrogen-bond acceptors (Lipinski definition) is 5. The first-order valence-electron chi connectivity index (χ1n) is 10.1. The van der Waals surface area contributed by atoms with Crippen LogP contribution in [0.1, 0.15) is 41.6 Å². The predicted molar refractivity (Wildman–Crippen MR) is 130 cm³/mol. The van der Waals surface area contributed by atoms with E-state index >= 15 is 0 Å². The zero-order chi connectivity index (χ0) is 22.9. The van der Waals surface area contributed by atoms with Crippen molar-refractivity contribution >= 4 is 34.5 Å². The number of thiophene rings is 1. The average Bonchev–Trinajstić information content (AvgIpc) is 3.44. The molecule has 3 heterocycles. The molecule has 0 saturated carbocycles. The normalized spacial score (nSPS) is 11.5. The first kappa shape index (κ1) is 22.0. The van der Waals surface area contributed by atoms with Gasteiger partial charge in [-0.05, 0) is 47.4 Å². The van der Waals surface area contributed by atoms with Crippen LogP contribution in [0.2, 0.25) is 4.34 Å². The molecular weight excluding hydrogens is 444 g/mol. The molecule has 8 heteroatoms. The maximum Gasteiger partial charge on any atom is 0.267 e. The molecule has 0 atom stereocenters. The standard InChI is InChI=1S/C24H23ClN4O2S/c1-24(2,3)16-6-4-15(5-7-16)22(30)29-14-17(26-13-18-8-9-21(25)32-18)12-19(23(29)31)20-10-11-27-28-20/h4-12,14,26H,13H2,1-3H3,(H,27,28). The van der Waals surface area contributed by atoms with E-state index in [0.29, 0.717) is 33.4 Å². The Morgan fingerprint density at radius 1 is 1.16 bits per heavy atom. The molecule has 0 unspecified atom stereocenters. The number of pyridine rings is 1. The Labute approximate surface area is 194 Å². The summed E-state index contributed by atoms with van der Waals surface area (Å²) in [6.07, 6.45) is 3.11. The van der Waals surface area contributed by atoms with Gasteiger partial charge in [0.1, 0.15) is 0 Å². The number of halogens is 1. The smallest absolute Gasteiger partial charge is 0.267 e. The Balaban J connectivity index is 1.72. The van der Waals surface area contributed by atoms with Gasteiger partial charge in [0, 0.05) is 29.4 Å². The number of aromatic nitrogens is 3. The lowest BCUT2D eigenvalue weighted by Crippen LogP contribution is -2.28. The summed E-state index contributed by atoms with van der Waals surface area (Å²) >= 11 is 7.49. The molecule has 0 fully saturated rings. The van der Waals surface area contributed by atoms with Gasteiger partial charge in [-0.15, -0.1) is 11.3 Å². The molecule has 32 heavy (non-hydrogen) atoms. The van der Waals surface area contributed by atoms with E-state index in [9.17, 15) is 9.59 Å². The van der Waals surface area contributed by atoms with Crippen LogP contribution in [0.4, 0.5) is 5.69 Å². The van der Waals surface area contributed by atoms with Crippen LogP contribution in [0.5, 0.6) is 0 Å². The fourth-order valence-electron chi connectivity index (χ4n) is 3.32. The highest BCUT2D eigenvalue weighted by Crippen LogP contribution is 2.24. The average molecular weight is 467 g/mol. The van der Waals surface area contributed by atoms with Crippen LogP contribution in [0.3, 0.4) is 0 Å². The molecule has 164 valence electrons. The predicted octanol–water partition coefficient (Wildman–Crippen LogP) is 5.55. The first-order chi connectivity index (χ1) is 15.2. The second-order valence-corrected chi connectivity index (χ2v) is 10.3. The SMILES string of the molecule is CC(C)(C)c1ccc(C(=O)n2cc(NCc3ccc(Cl)s3)cc(-c3ccn[nH]3)c2=O)cc1. The van der Waals surface area contributed by atoms with Crippen molar-refractivity contribution in [2.45, 2.75) is 32.7 Å². The third kappa shape index (κ3) is 4.69. The molecule has 0 saturated heterocycles. The quantitative estimate of drug-likeness (QED) is 0.404. The van der Waals surface area contributed by atoms with Gasteiger partial charge in [-0.25, -0.2) is 4.57 Å². The molecule has 0 radical (unpaired) electrons. The van der Waals surface area contributed by atoms with Crippen molar-refractivity contribution < 1.29 is 4.79 Å². The molecular formula is C24H23ClN4O2S. The molecule has 0 aliphatic rings. The molecule has 6 nitrogen and oxygen atoms in total. The van der Waals surface area contributed by atoms with Gasteiger partial charge in [-0.1, -0.05) is 44.5 Å². The Morgan fingerprint density at radius 2 is 1.91 bits per heavy atom. The number of carbonyl (C=O) groups excluding carboxylic acids is 1. The van der Waals surface area contributed by atoms with Crippen molar-refractivity contribution in [2.75, 3.05) is 5.32 Å². The van der Waals surface area contributed by atoms with E-state index in [2.05, 4.69) is 36.3 Å². The van der Waals surface area contributed by atoms with Crippen LogP contribution in [0.25, 0.3) is 11.3 Å². The Morgan fingerprint density at radius 3 is 2.50 bits per heavy atom. The highest BCUT2D eigenvalue weighted by molar-refractivity contribution is 7.16. The van der Waals surface area contributed by atoms with Gasteiger partial charge in [-0.2, -0.15) is 5.10 Å². The minimum Gasteiger partial charge on any atom is -0.379 e. The summed E-state index contributed by atoms with van der Waals surface area (Å²) in [7, 11) is 0. The van der Waals surface area contributed by atoms with E-state index in [1.54, 1.807) is 30.5 Å². The lowest BCUT2D eigenvalue weighted by molar-refractivity contribution is 0.0956. The van der Waals surface area contributed by atoms with Crippen LogP contribution in [0.15, 0.2) is 65.7 Å². The van der Waals surface area contributed by atoms with E-state index in [4.69, 9.17) is 11.6 Å². The Hall–Kier alpha value is -3.16. The van der Waals surface area contributed by atoms with Gasteiger partial charge in [-0.3, -0.25) is 14.7 Å². The van der Waals surface area contributed by atoms with Gasteiger partial charge in [0.25, 0.3) is 11.5 Å². The minimum atomic E-state index is -0.413. The van der Waals surface area contributed by atoms with Gasteiger partial charge in [0.2, 0.25) is 0 Å². The summed E-state index contributed by atoms with van der Waals surface area (Å²) in [5.41, 5.74) is 2.66. The molecule has 4 aromatic rings. The molecule has 2 N–H and O–H groups in total. The van der Waals surface area contributed by atoms with Crippen LogP contribution >= 0.6 is 22.9 Å². The number of nitrogens with zero attached hydrogens (tertiary/aromatic N) is 2. The summed E-state index contributed by atoms with van der Waals surface area (Å²) < 4.78 is 1.85. The highest BCUT2D eigenvalue weighted by atomic mass is 35.5. The molecule has 4 rings (SSSR count). The number of carbonyl (C=O) groups is 1. The summed E-state index contributed by atoms with van der Waals surface area (Å²) in [5, 5.41) is 10.0. The fourth-order valence-corrected chi connectivity index (χ4v) is 4.34. The number of H-pyrrole nitrogens is 1. The zero-order valence-corrected chi connectivity index (χ0v) is 19.6. The van der Waals surface area contributed by atoms with Crippen molar-refractivity contribution in [3.05, 3.63) is 91.6 Å². The van der Waals surface area contributed by atoms with E-state index in [1.807, 2.05) is 24.3 Å². The minimum absolute atomic E-state index is 0.0271. The van der Waals surface area contributed by atoms with E-state index in [0.717, 1.165) is 15.0 Å². The largest absolute Gasteiger partial charge is 0.379 e. The van der Waals surface area contributed by atoms with Crippen LogP contribution in [-0.2, 0) is 12.0 Å².